The molecule has 0 unspecified atom stereocenters. The molecular formula is C22H16N2. The Labute approximate surface area is 141 Å². The van der Waals surface area contributed by atoms with Crippen molar-refractivity contribution in [3.05, 3.63) is 90.6 Å². The summed E-state index contributed by atoms with van der Waals surface area (Å²) in [6.45, 7) is 0.864. The lowest BCUT2D eigenvalue weighted by Crippen LogP contribution is -2.21. The molecule has 2 heteroatoms. The fraction of sp³-hybridized carbons (Fsp3) is 0.0455. The number of aromatic nitrogens is 1. The van der Waals surface area contributed by atoms with E-state index >= 15 is 0 Å². The Balaban J connectivity index is 1.78. The minimum absolute atomic E-state index is 0.864. The predicted octanol–water partition coefficient (Wildman–Crippen LogP) is 5.55. The highest BCUT2D eigenvalue weighted by Crippen LogP contribution is 2.43. The Bertz CT molecular complexity index is 1050. The van der Waals surface area contributed by atoms with Crippen LogP contribution in [0, 0.1) is 0 Å². The van der Waals surface area contributed by atoms with E-state index in [-0.39, 0.29) is 0 Å². The van der Waals surface area contributed by atoms with Gasteiger partial charge in [-0.1, -0.05) is 60.7 Å². The topological polar surface area (TPSA) is 16.1 Å². The SMILES string of the molecule is c1ccc2c(c1)CN(c1cccc3cccnc13)c1ccccc1-2. The maximum atomic E-state index is 4.64. The molecule has 4 aromatic rings. The van der Waals surface area contributed by atoms with Gasteiger partial charge in [-0.15, -0.1) is 0 Å². The van der Waals surface area contributed by atoms with Crippen molar-refractivity contribution in [1.82, 2.24) is 4.98 Å². The van der Waals surface area contributed by atoms with Crippen molar-refractivity contribution in [2.24, 2.45) is 0 Å². The molecule has 2 nitrogen and oxygen atoms in total. The Morgan fingerprint density at radius 2 is 1.42 bits per heavy atom. The number of rotatable bonds is 1. The van der Waals surface area contributed by atoms with Gasteiger partial charge in [0.1, 0.15) is 0 Å². The van der Waals surface area contributed by atoms with E-state index in [1.165, 1.54) is 27.8 Å². The van der Waals surface area contributed by atoms with Gasteiger partial charge >= 0.3 is 0 Å². The number of para-hydroxylation sites is 2. The Hall–Kier alpha value is -3.13. The molecule has 1 aliphatic rings. The van der Waals surface area contributed by atoms with Gasteiger partial charge in [0.15, 0.2) is 0 Å². The van der Waals surface area contributed by atoms with Crippen LogP contribution in [0.5, 0.6) is 0 Å². The lowest BCUT2D eigenvalue weighted by atomic mass is 9.93. The lowest BCUT2D eigenvalue weighted by molar-refractivity contribution is 0.964. The van der Waals surface area contributed by atoms with Crippen molar-refractivity contribution in [3.8, 4) is 11.1 Å². The monoisotopic (exact) mass is 308 g/mol. The third-order valence-corrected chi connectivity index (χ3v) is 4.73. The number of hydrogen-bond acceptors (Lipinski definition) is 2. The largest absolute Gasteiger partial charge is 0.335 e. The van der Waals surface area contributed by atoms with Crippen molar-refractivity contribution in [2.45, 2.75) is 6.54 Å². The van der Waals surface area contributed by atoms with Gasteiger partial charge in [-0.3, -0.25) is 4.98 Å². The predicted molar refractivity (Wildman–Crippen MR) is 99.5 cm³/mol. The summed E-state index contributed by atoms with van der Waals surface area (Å²) in [5, 5.41) is 1.17. The quantitative estimate of drug-likeness (QED) is 0.458. The number of fused-ring (bicyclic) bond motifs is 4. The van der Waals surface area contributed by atoms with E-state index in [0.717, 1.165) is 17.7 Å². The molecule has 5 rings (SSSR count). The Kier molecular flexibility index (Phi) is 2.89. The van der Waals surface area contributed by atoms with Gasteiger partial charge in [0, 0.05) is 29.4 Å². The van der Waals surface area contributed by atoms with E-state index in [1.54, 1.807) is 0 Å². The van der Waals surface area contributed by atoms with Gasteiger partial charge in [0.25, 0.3) is 0 Å². The van der Waals surface area contributed by atoms with E-state index < -0.39 is 0 Å². The van der Waals surface area contributed by atoms with Gasteiger partial charge in [-0.25, -0.2) is 0 Å². The van der Waals surface area contributed by atoms with E-state index in [1.807, 2.05) is 12.3 Å². The highest BCUT2D eigenvalue weighted by Gasteiger charge is 2.23. The second-order valence-corrected chi connectivity index (χ2v) is 6.11. The molecule has 0 amide bonds. The molecule has 114 valence electrons. The molecule has 3 aromatic carbocycles. The smallest absolute Gasteiger partial charge is 0.0938 e. The van der Waals surface area contributed by atoms with Crippen LogP contribution in [-0.4, -0.2) is 4.98 Å². The van der Waals surface area contributed by atoms with Gasteiger partial charge in [-0.05, 0) is 29.3 Å². The van der Waals surface area contributed by atoms with Crippen LogP contribution in [0.1, 0.15) is 5.56 Å². The molecule has 1 aliphatic heterocycles. The molecule has 0 N–H and O–H groups in total. The Morgan fingerprint density at radius 1 is 0.667 bits per heavy atom. The summed E-state index contributed by atoms with van der Waals surface area (Å²) in [4.78, 5) is 7.03. The van der Waals surface area contributed by atoms with Crippen LogP contribution in [0.3, 0.4) is 0 Å². The molecule has 0 saturated carbocycles. The second kappa shape index (κ2) is 5.20. The first kappa shape index (κ1) is 13.3. The van der Waals surface area contributed by atoms with Crippen molar-refractivity contribution >= 4 is 22.3 Å². The van der Waals surface area contributed by atoms with Crippen molar-refractivity contribution in [3.63, 3.8) is 0 Å². The van der Waals surface area contributed by atoms with Gasteiger partial charge < -0.3 is 4.90 Å². The van der Waals surface area contributed by atoms with Crippen LogP contribution < -0.4 is 4.90 Å². The number of anilines is 2. The summed E-state index contributed by atoms with van der Waals surface area (Å²) in [5.74, 6) is 0. The van der Waals surface area contributed by atoms with Crippen LogP contribution in [0.4, 0.5) is 11.4 Å². The van der Waals surface area contributed by atoms with Gasteiger partial charge in [0.2, 0.25) is 0 Å². The average molecular weight is 308 g/mol. The minimum atomic E-state index is 0.864. The second-order valence-electron chi connectivity index (χ2n) is 6.11. The van der Waals surface area contributed by atoms with Crippen LogP contribution in [0.25, 0.3) is 22.0 Å². The maximum Gasteiger partial charge on any atom is 0.0938 e. The van der Waals surface area contributed by atoms with Gasteiger partial charge in [0.05, 0.1) is 11.2 Å². The van der Waals surface area contributed by atoms with Gasteiger partial charge in [-0.2, -0.15) is 0 Å². The minimum Gasteiger partial charge on any atom is -0.335 e. The summed E-state index contributed by atoms with van der Waals surface area (Å²) < 4.78 is 0. The number of hydrogen-bond donors (Lipinski definition) is 0. The molecular weight excluding hydrogens is 292 g/mol. The first-order valence-corrected chi connectivity index (χ1v) is 8.20. The normalized spacial score (nSPS) is 12.8. The van der Waals surface area contributed by atoms with Crippen molar-refractivity contribution in [2.75, 3.05) is 4.90 Å². The average Bonchev–Trinajstić information content (AvgIpc) is 2.67. The van der Waals surface area contributed by atoms with E-state index in [2.05, 4.69) is 82.7 Å². The highest BCUT2D eigenvalue weighted by molar-refractivity contribution is 5.96. The molecule has 0 atom stereocenters. The zero-order chi connectivity index (χ0) is 15.9. The summed E-state index contributed by atoms with van der Waals surface area (Å²) in [6, 6.07) is 27.8. The fourth-order valence-corrected chi connectivity index (χ4v) is 3.63. The van der Waals surface area contributed by atoms with E-state index in [9.17, 15) is 0 Å². The number of benzene rings is 3. The third kappa shape index (κ3) is 1.93. The zero-order valence-electron chi connectivity index (χ0n) is 13.2. The van der Waals surface area contributed by atoms with Crippen LogP contribution >= 0.6 is 0 Å². The molecule has 24 heavy (non-hydrogen) atoms. The maximum absolute atomic E-state index is 4.64. The molecule has 0 saturated heterocycles. The number of nitrogens with zero attached hydrogens (tertiary/aromatic N) is 2. The van der Waals surface area contributed by atoms with Crippen molar-refractivity contribution in [1.29, 1.82) is 0 Å². The molecule has 0 spiro atoms. The molecule has 0 aliphatic carbocycles. The summed E-state index contributed by atoms with van der Waals surface area (Å²) in [7, 11) is 0. The molecule has 0 fully saturated rings. The Morgan fingerprint density at radius 3 is 2.38 bits per heavy atom. The first-order chi connectivity index (χ1) is 11.9. The molecule has 1 aromatic heterocycles. The van der Waals surface area contributed by atoms with Crippen LogP contribution in [0.15, 0.2) is 85.1 Å². The summed E-state index contributed by atoms with van der Waals surface area (Å²) >= 11 is 0. The third-order valence-electron chi connectivity index (χ3n) is 4.73. The van der Waals surface area contributed by atoms with Crippen molar-refractivity contribution < 1.29 is 0 Å². The molecule has 2 heterocycles. The van der Waals surface area contributed by atoms with E-state index in [0.29, 0.717) is 0 Å². The standard InChI is InChI=1S/C22H16N2/c1-2-10-18-17(7-1)15-24(20-12-4-3-11-19(18)20)21-13-5-8-16-9-6-14-23-22(16)21/h1-14H,15H2. The molecule has 0 radical (unpaired) electrons. The lowest BCUT2D eigenvalue weighted by Gasteiger charge is -2.33. The highest BCUT2D eigenvalue weighted by atomic mass is 15.1. The van der Waals surface area contributed by atoms with Crippen LogP contribution in [-0.2, 0) is 6.54 Å². The summed E-state index contributed by atoms with van der Waals surface area (Å²) in [6.07, 6.45) is 1.87. The zero-order valence-corrected chi connectivity index (χ0v) is 13.2. The van der Waals surface area contributed by atoms with E-state index in [4.69, 9.17) is 0 Å². The summed E-state index contributed by atoms with van der Waals surface area (Å²) in [5.41, 5.74) is 7.42. The molecule has 0 bridgehead atoms. The fourth-order valence-electron chi connectivity index (χ4n) is 3.63. The number of pyridine rings is 1. The first-order valence-electron chi connectivity index (χ1n) is 8.20. The van der Waals surface area contributed by atoms with Crippen LogP contribution in [0.2, 0.25) is 0 Å².